The molecule has 0 bridgehead atoms. The van der Waals surface area contributed by atoms with Crippen LogP contribution in [0.3, 0.4) is 0 Å². The molecular formula is C22H26N4O3. The summed E-state index contributed by atoms with van der Waals surface area (Å²) in [5.74, 6) is 1.01. The lowest BCUT2D eigenvalue weighted by Crippen LogP contribution is -2.65. The van der Waals surface area contributed by atoms with Gasteiger partial charge in [-0.05, 0) is 49.1 Å². The third kappa shape index (κ3) is 3.64. The highest BCUT2D eigenvalue weighted by Gasteiger charge is 2.52. The van der Waals surface area contributed by atoms with Gasteiger partial charge in [0.1, 0.15) is 11.6 Å². The van der Waals surface area contributed by atoms with Gasteiger partial charge in [-0.2, -0.15) is 0 Å². The average molecular weight is 394 g/mol. The molecule has 2 amide bonds. The van der Waals surface area contributed by atoms with E-state index in [4.69, 9.17) is 10.5 Å². The van der Waals surface area contributed by atoms with Crippen LogP contribution in [0.4, 0.5) is 5.82 Å². The Morgan fingerprint density at radius 3 is 2.62 bits per heavy atom. The first kappa shape index (κ1) is 19.2. The molecule has 0 radical (unpaired) electrons. The van der Waals surface area contributed by atoms with Crippen LogP contribution in [0.15, 0.2) is 42.6 Å². The Kier molecular flexibility index (Phi) is 5.13. The number of nitrogens with two attached hydrogens (primary N) is 1. The first-order chi connectivity index (χ1) is 14.0. The quantitative estimate of drug-likeness (QED) is 0.808. The van der Waals surface area contributed by atoms with Crippen LogP contribution in [-0.4, -0.2) is 55.0 Å². The van der Waals surface area contributed by atoms with Crippen LogP contribution in [0.5, 0.6) is 5.75 Å². The van der Waals surface area contributed by atoms with Crippen LogP contribution in [0.25, 0.3) is 0 Å². The monoisotopic (exact) mass is 394 g/mol. The Hall–Kier alpha value is -3.09. The van der Waals surface area contributed by atoms with E-state index in [1.54, 1.807) is 25.4 Å². The largest absolute Gasteiger partial charge is 0.497 e. The lowest BCUT2D eigenvalue weighted by atomic mass is 9.73. The number of primary amides is 1. The molecule has 29 heavy (non-hydrogen) atoms. The molecule has 1 aromatic heterocycles. The normalized spacial score (nSPS) is 17.7. The number of methoxy groups -OCH3 is 1. The number of aromatic nitrogens is 1. The van der Waals surface area contributed by atoms with E-state index in [9.17, 15) is 9.59 Å². The molecule has 2 fully saturated rings. The Balaban J connectivity index is 1.61. The second-order valence-electron chi connectivity index (χ2n) is 7.90. The van der Waals surface area contributed by atoms with Gasteiger partial charge < -0.3 is 20.3 Å². The van der Waals surface area contributed by atoms with Crippen molar-refractivity contribution in [2.45, 2.75) is 19.3 Å². The summed E-state index contributed by atoms with van der Waals surface area (Å²) in [5.41, 5.74) is 6.43. The van der Waals surface area contributed by atoms with Crippen molar-refractivity contribution in [1.29, 1.82) is 0 Å². The predicted molar refractivity (Wildman–Crippen MR) is 110 cm³/mol. The van der Waals surface area contributed by atoms with Gasteiger partial charge in [-0.1, -0.05) is 12.1 Å². The van der Waals surface area contributed by atoms with E-state index in [-0.39, 0.29) is 5.91 Å². The van der Waals surface area contributed by atoms with E-state index in [0.29, 0.717) is 30.9 Å². The zero-order chi connectivity index (χ0) is 20.4. The fourth-order valence-corrected chi connectivity index (χ4v) is 4.43. The van der Waals surface area contributed by atoms with Gasteiger partial charge in [0.05, 0.1) is 18.1 Å². The first-order valence-corrected chi connectivity index (χ1v) is 9.94. The second kappa shape index (κ2) is 7.73. The summed E-state index contributed by atoms with van der Waals surface area (Å²) in [7, 11) is 1.64. The second-order valence-corrected chi connectivity index (χ2v) is 7.90. The van der Waals surface area contributed by atoms with Crippen LogP contribution >= 0.6 is 0 Å². The van der Waals surface area contributed by atoms with Crippen LogP contribution in [0.2, 0.25) is 0 Å². The summed E-state index contributed by atoms with van der Waals surface area (Å²) in [6.07, 6.45) is 4.37. The standard InChI is InChI=1S/C22H26N4O3/c1-29-17-7-4-6-16(12-17)13-22(21(28)25-10-2-3-11-25)14-26(15-22)20-18(19(23)27)8-5-9-24-20/h4-9,12H,2-3,10-11,13-15H2,1H3,(H2,23,27). The van der Waals surface area contributed by atoms with Crippen molar-refractivity contribution in [1.82, 2.24) is 9.88 Å². The molecule has 4 rings (SSSR count). The summed E-state index contributed by atoms with van der Waals surface area (Å²) >= 11 is 0. The number of anilines is 1. The fraction of sp³-hybridized carbons (Fsp3) is 0.409. The maximum atomic E-state index is 13.5. The number of hydrogen-bond donors (Lipinski definition) is 1. The van der Waals surface area contributed by atoms with Crippen LogP contribution in [0, 0.1) is 5.41 Å². The summed E-state index contributed by atoms with van der Waals surface area (Å²) < 4.78 is 5.35. The maximum Gasteiger partial charge on any atom is 0.252 e. The molecule has 0 atom stereocenters. The number of likely N-dealkylation sites (tertiary alicyclic amines) is 1. The zero-order valence-corrected chi connectivity index (χ0v) is 16.6. The molecule has 7 nitrogen and oxygen atoms in total. The summed E-state index contributed by atoms with van der Waals surface area (Å²) in [5, 5.41) is 0. The number of carbonyl (C=O) groups excluding carboxylic acids is 2. The lowest BCUT2D eigenvalue weighted by Gasteiger charge is -2.51. The molecule has 2 aliphatic rings. The number of carbonyl (C=O) groups is 2. The number of hydrogen-bond acceptors (Lipinski definition) is 5. The van der Waals surface area contributed by atoms with Crippen molar-refractivity contribution in [3.63, 3.8) is 0 Å². The van der Waals surface area contributed by atoms with Gasteiger partial charge in [-0.25, -0.2) is 4.98 Å². The molecule has 0 spiro atoms. The molecule has 0 aliphatic carbocycles. The van der Waals surface area contributed by atoms with Gasteiger partial charge in [0.2, 0.25) is 5.91 Å². The molecule has 2 N–H and O–H groups in total. The van der Waals surface area contributed by atoms with Crippen LogP contribution in [0.1, 0.15) is 28.8 Å². The Labute approximate surface area is 170 Å². The third-order valence-corrected chi connectivity index (χ3v) is 5.86. The maximum absolute atomic E-state index is 13.5. The molecule has 1 aromatic carbocycles. The van der Waals surface area contributed by atoms with E-state index < -0.39 is 11.3 Å². The number of nitrogens with zero attached hydrogens (tertiary/aromatic N) is 3. The SMILES string of the molecule is COc1cccc(CC2(C(=O)N3CCCC3)CN(c3ncccc3C(N)=O)C2)c1. The fourth-order valence-electron chi connectivity index (χ4n) is 4.43. The van der Waals surface area contributed by atoms with E-state index >= 15 is 0 Å². The van der Waals surface area contributed by atoms with Crippen LogP contribution < -0.4 is 15.4 Å². The average Bonchev–Trinajstić information content (AvgIpc) is 3.25. The van der Waals surface area contributed by atoms with Crippen molar-refractivity contribution in [3.8, 4) is 5.75 Å². The van der Waals surface area contributed by atoms with Crippen molar-refractivity contribution in [2.24, 2.45) is 11.1 Å². The highest BCUT2D eigenvalue weighted by Crippen LogP contribution is 2.40. The van der Waals surface area contributed by atoms with Gasteiger partial charge in [-0.15, -0.1) is 0 Å². The molecule has 2 aromatic rings. The summed E-state index contributed by atoms with van der Waals surface area (Å²) in [4.78, 5) is 33.6. The number of amides is 2. The Morgan fingerprint density at radius 1 is 1.17 bits per heavy atom. The van der Waals surface area contributed by atoms with E-state index in [1.165, 1.54) is 0 Å². The highest BCUT2D eigenvalue weighted by molar-refractivity contribution is 5.98. The molecule has 0 saturated carbocycles. The van der Waals surface area contributed by atoms with Gasteiger partial charge in [0.15, 0.2) is 0 Å². The molecule has 2 aliphatic heterocycles. The number of rotatable bonds is 6. The summed E-state index contributed by atoms with van der Waals surface area (Å²) in [6.45, 7) is 2.65. The van der Waals surface area contributed by atoms with Crippen LogP contribution in [-0.2, 0) is 11.2 Å². The topological polar surface area (TPSA) is 88.8 Å². The smallest absolute Gasteiger partial charge is 0.252 e. The zero-order valence-electron chi connectivity index (χ0n) is 16.6. The van der Waals surface area contributed by atoms with Crippen molar-refractivity contribution >= 4 is 17.6 Å². The minimum absolute atomic E-state index is 0.186. The van der Waals surface area contributed by atoms with Crippen molar-refractivity contribution < 1.29 is 14.3 Å². The Bertz CT molecular complexity index is 918. The van der Waals surface area contributed by atoms with Gasteiger partial charge in [0.25, 0.3) is 5.91 Å². The van der Waals surface area contributed by atoms with Crippen molar-refractivity contribution in [3.05, 3.63) is 53.7 Å². The number of benzene rings is 1. The van der Waals surface area contributed by atoms with Gasteiger partial charge >= 0.3 is 0 Å². The molecule has 7 heteroatoms. The molecule has 2 saturated heterocycles. The molecular weight excluding hydrogens is 368 g/mol. The van der Waals surface area contributed by atoms with Crippen molar-refractivity contribution in [2.75, 3.05) is 38.2 Å². The van der Waals surface area contributed by atoms with E-state index in [0.717, 1.165) is 37.2 Å². The predicted octanol–water partition coefficient (Wildman–Crippen LogP) is 1.86. The van der Waals surface area contributed by atoms with E-state index in [1.807, 2.05) is 34.1 Å². The molecule has 152 valence electrons. The molecule has 3 heterocycles. The number of pyridine rings is 1. The summed E-state index contributed by atoms with van der Waals surface area (Å²) in [6, 6.07) is 11.2. The minimum atomic E-state index is -0.539. The van der Waals surface area contributed by atoms with Gasteiger partial charge in [0, 0.05) is 32.4 Å². The van der Waals surface area contributed by atoms with E-state index in [2.05, 4.69) is 4.98 Å². The highest BCUT2D eigenvalue weighted by atomic mass is 16.5. The minimum Gasteiger partial charge on any atom is -0.497 e. The number of ether oxygens (including phenoxy) is 1. The first-order valence-electron chi connectivity index (χ1n) is 9.94. The lowest BCUT2D eigenvalue weighted by molar-refractivity contribution is -0.142. The van der Waals surface area contributed by atoms with Gasteiger partial charge in [-0.3, -0.25) is 9.59 Å². The Morgan fingerprint density at radius 2 is 1.93 bits per heavy atom. The molecule has 0 unspecified atom stereocenters. The third-order valence-electron chi connectivity index (χ3n) is 5.86.